The van der Waals surface area contributed by atoms with Gasteiger partial charge in [0.2, 0.25) is 0 Å². The molecular weight excluding hydrogens is 353 g/mol. The van der Waals surface area contributed by atoms with Gasteiger partial charge in [-0.05, 0) is 17.7 Å². The maximum Gasteiger partial charge on any atom is 0.315 e. The highest BCUT2D eigenvalue weighted by atomic mass is 19.1. The van der Waals surface area contributed by atoms with Crippen molar-refractivity contribution in [1.29, 1.82) is 0 Å². The summed E-state index contributed by atoms with van der Waals surface area (Å²) in [5.41, 5.74) is 2.12. The summed E-state index contributed by atoms with van der Waals surface area (Å²) in [7, 11) is 1.57. The molecule has 0 bridgehead atoms. The lowest BCUT2D eigenvalue weighted by atomic mass is 10.1. The summed E-state index contributed by atoms with van der Waals surface area (Å²) in [6, 6.07) is 5.48. The second-order valence-corrected chi connectivity index (χ2v) is 6.29. The van der Waals surface area contributed by atoms with E-state index in [2.05, 4.69) is 21.0 Å². The zero-order chi connectivity index (χ0) is 19.2. The number of carbonyl (C=O) groups is 2. The SMILES string of the molecule is COCCNC(=O)c1cnn2c1C[C@H](NC(=O)NCc1ccc(F)cc1)C2. The Morgan fingerprint density at radius 1 is 1.30 bits per heavy atom. The highest BCUT2D eigenvalue weighted by Gasteiger charge is 2.28. The molecule has 0 radical (unpaired) electrons. The van der Waals surface area contributed by atoms with Crippen LogP contribution in [0.5, 0.6) is 0 Å². The topological polar surface area (TPSA) is 97.3 Å². The Morgan fingerprint density at radius 3 is 2.81 bits per heavy atom. The van der Waals surface area contributed by atoms with Crippen molar-refractivity contribution >= 4 is 11.9 Å². The Kier molecular flexibility index (Phi) is 6.02. The van der Waals surface area contributed by atoms with Crippen LogP contribution in [0.4, 0.5) is 9.18 Å². The monoisotopic (exact) mass is 375 g/mol. The van der Waals surface area contributed by atoms with Gasteiger partial charge >= 0.3 is 6.03 Å². The van der Waals surface area contributed by atoms with Gasteiger partial charge in [-0.15, -0.1) is 0 Å². The molecule has 3 rings (SSSR count). The molecule has 3 amide bonds. The number of carbonyl (C=O) groups excluding carboxylic acids is 2. The fourth-order valence-electron chi connectivity index (χ4n) is 2.96. The van der Waals surface area contributed by atoms with Crippen LogP contribution in [0.15, 0.2) is 30.5 Å². The minimum Gasteiger partial charge on any atom is -0.383 e. The Bertz CT molecular complexity index is 806. The molecule has 8 nitrogen and oxygen atoms in total. The number of methoxy groups -OCH3 is 1. The number of nitrogens with zero attached hydrogens (tertiary/aromatic N) is 2. The summed E-state index contributed by atoms with van der Waals surface area (Å²) in [6.45, 7) is 1.67. The second kappa shape index (κ2) is 8.63. The van der Waals surface area contributed by atoms with Gasteiger partial charge < -0.3 is 20.7 Å². The van der Waals surface area contributed by atoms with Crippen molar-refractivity contribution in [1.82, 2.24) is 25.7 Å². The van der Waals surface area contributed by atoms with Crippen LogP contribution in [0.1, 0.15) is 21.6 Å². The van der Waals surface area contributed by atoms with Gasteiger partial charge in [-0.3, -0.25) is 9.48 Å². The van der Waals surface area contributed by atoms with Crippen LogP contribution < -0.4 is 16.0 Å². The van der Waals surface area contributed by atoms with Crippen molar-refractivity contribution < 1.29 is 18.7 Å². The van der Waals surface area contributed by atoms with Crippen LogP contribution in [0, 0.1) is 5.82 Å². The van der Waals surface area contributed by atoms with Crippen LogP contribution >= 0.6 is 0 Å². The van der Waals surface area contributed by atoms with Gasteiger partial charge in [-0.25, -0.2) is 9.18 Å². The van der Waals surface area contributed by atoms with Crippen molar-refractivity contribution in [3.8, 4) is 0 Å². The summed E-state index contributed by atoms with van der Waals surface area (Å²) in [6.07, 6.45) is 2.07. The number of halogens is 1. The second-order valence-electron chi connectivity index (χ2n) is 6.29. The highest BCUT2D eigenvalue weighted by molar-refractivity contribution is 5.95. The van der Waals surface area contributed by atoms with Crippen LogP contribution in [0.3, 0.4) is 0 Å². The lowest BCUT2D eigenvalue weighted by Gasteiger charge is -2.13. The molecule has 2 heterocycles. The molecule has 1 atom stereocenters. The molecular formula is C18H22FN5O3. The van der Waals surface area contributed by atoms with Gasteiger partial charge in [0, 0.05) is 26.6 Å². The van der Waals surface area contributed by atoms with E-state index >= 15 is 0 Å². The van der Waals surface area contributed by atoms with Crippen molar-refractivity contribution in [3.63, 3.8) is 0 Å². The number of nitrogens with one attached hydrogen (secondary N) is 3. The van der Waals surface area contributed by atoms with E-state index in [1.54, 1.807) is 30.1 Å². The van der Waals surface area contributed by atoms with E-state index in [9.17, 15) is 14.0 Å². The standard InChI is InChI=1S/C18H22FN5O3/c1-27-7-6-20-17(25)15-10-22-24-11-14(8-16(15)24)23-18(26)21-9-12-2-4-13(19)5-3-12/h2-5,10,14H,6-9,11H2,1H3,(H,20,25)(H2,21,23,26)/t14-/m0/s1. The van der Waals surface area contributed by atoms with E-state index in [1.165, 1.54) is 12.1 Å². The lowest BCUT2D eigenvalue weighted by molar-refractivity contribution is 0.0936. The number of amides is 3. The average Bonchev–Trinajstić information content (AvgIpc) is 3.21. The minimum absolute atomic E-state index is 0.146. The maximum absolute atomic E-state index is 12.9. The van der Waals surface area contributed by atoms with E-state index in [0.717, 1.165) is 11.3 Å². The van der Waals surface area contributed by atoms with E-state index in [-0.39, 0.29) is 23.8 Å². The number of ether oxygens (including phenoxy) is 1. The number of rotatable bonds is 7. The lowest BCUT2D eigenvalue weighted by Crippen LogP contribution is -2.42. The minimum atomic E-state index is -0.318. The molecule has 1 aliphatic heterocycles. The van der Waals surface area contributed by atoms with Crippen molar-refractivity contribution in [3.05, 3.63) is 53.1 Å². The van der Waals surface area contributed by atoms with Gasteiger partial charge in [-0.2, -0.15) is 5.10 Å². The fourth-order valence-corrected chi connectivity index (χ4v) is 2.96. The third-order valence-electron chi connectivity index (χ3n) is 4.32. The summed E-state index contributed by atoms with van der Waals surface area (Å²) < 4.78 is 19.5. The largest absolute Gasteiger partial charge is 0.383 e. The quantitative estimate of drug-likeness (QED) is 0.624. The van der Waals surface area contributed by atoms with Gasteiger partial charge in [0.1, 0.15) is 5.82 Å². The Hall–Kier alpha value is -2.94. The maximum atomic E-state index is 12.9. The van der Waals surface area contributed by atoms with Crippen LogP contribution in [-0.2, 0) is 24.2 Å². The number of aromatic nitrogens is 2. The Labute approximate surface area is 156 Å². The predicted molar refractivity (Wildman–Crippen MR) is 95.7 cm³/mol. The number of hydrogen-bond donors (Lipinski definition) is 3. The predicted octanol–water partition coefficient (Wildman–Crippen LogP) is 0.822. The van der Waals surface area contributed by atoms with Crippen molar-refractivity contribution in [2.24, 2.45) is 0 Å². The van der Waals surface area contributed by atoms with E-state index in [1.807, 2.05) is 0 Å². The van der Waals surface area contributed by atoms with Gasteiger partial charge in [0.15, 0.2) is 0 Å². The molecule has 27 heavy (non-hydrogen) atoms. The molecule has 0 saturated heterocycles. The summed E-state index contributed by atoms with van der Waals surface area (Å²) in [4.78, 5) is 24.3. The van der Waals surface area contributed by atoms with Gasteiger partial charge in [-0.1, -0.05) is 12.1 Å². The fraction of sp³-hybridized carbons (Fsp3) is 0.389. The van der Waals surface area contributed by atoms with E-state index in [0.29, 0.717) is 38.2 Å². The molecule has 1 aromatic heterocycles. The molecule has 144 valence electrons. The van der Waals surface area contributed by atoms with Crippen LogP contribution in [-0.4, -0.2) is 48.0 Å². The van der Waals surface area contributed by atoms with E-state index < -0.39 is 0 Å². The first-order valence-electron chi connectivity index (χ1n) is 8.67. The number of urea groups is 1. The summed E-state index contributed by atoms with van der Waals surface area (Å²) in [5.74, 6) is -0.514. The van der Waals surface area contributed by atoms with Crippen LogP contribution in [0.25, 0.3) is 0 Å². The zero-order valence-electron chi connectivity index (χ0n) is 15.0. The first kappa shape index (κ1) is 18.8. The third-order valence-corrected chi connectivity index (χ3v) is 4.32. The van der Waals surface area contributed by atoms with Gasteiger partial charge in [0.05, 0.1) is 36.6 Å². The Morgan fingerprint density at radius 2 is 2.07 bits per heavy atom. The van der Waals surface area contributed by atoms with Crippen molar-refractivity contribution in [2.45, 2.75) is 25.6 Å². The molecule has 9 heteroatoms. The third kappa shape index (κ3) is 4.82. The van der Waals surface area contributed by atoms with Gasteiger partial charge in [0.25, 0.3) is 5.91 Å². The molecule has 2 aromatic rings. The molecule has 0 aliphatic carbocycles. The first-order valence-corrected chi connectivity index (χ1v) is 8.67. The van der Waals surface area contributed by atoms with Crippen LogP contribution in [0.2, 0.25) is 0 Å². The zero-order valence-corrected chi connectivity index (χ0v) is 15.0. The molecule has 0 fully saturated rings. The summed E-state index contributed by atoms with van der Waals surface area (Å²) >= 11 is 0. The number of hydrogen-bond acceptors (Lipinski definition) is 4. The highest BCUT2D eigenvalue weighted by Crippen LogP contribution is 2.18. The molecule has 1 aliphatic rings. The molecule has 3 N–H and O–H groups in total. The average molecular weight is 375 g/mol. The molecule has 1 aromatic carbocycles. The smallest absolute Gasteiger partial charge is 0.315 e. The Balaban J connectivity index is 1.48. The summed E-state index contributed by atoms with van der Waals surface area (Å²) in [5, 5.41) is 12.6. The molecule has 0 spiro atoms. The molecule has 0 unspecified atom stereocenters. The first-order chi connectivity index (χ1) is 13.1. The number of benzene rings is 1. The number of fused-ring (bicyclic) bond motifs is 1. The van der Waals surface area contributed by atoms with Crippen molar-refractivity contribution in [2.75, 3.05) is 20.3 Å². The van der Waals surface area contributed by atoms with E-state index in [4.69, 9.17) is 4.74 Å². The normalized spacial score (nSPS) is 15.3. The molecule has 0 saturated carbocycles.